The Hall–Kier alpha value is -4.42. The van der Waals surface area contributed by atoms with Crippen molar-refractivity contribution in [2.75, 3.05) is 34.4 Å². The van der Waals surface area contributed by atoms with E-state index in [9.17, 15) is 29.1 Å². The van der Waals surface area contributed by atoms with Crippen molar-refractivity contribution in [1.82, 2.24) is 15.3 Å². The number of carboxylic acid groups (broad SMARTS) is 1. The second-order valence-electron chi connectivity index (χ2n) is 7.28. The SMILES string of the molecule is Nc1nc2c(c(=O)[nH]1)N(C=O)C(CNc1ccc(C(=O)NC(C=O)CCC(=O)[O-])cc1)CN2. The van der Waals surface area contributed by atoms with Crippen LogP contribution in [0.25, 0.3) is 0 Å². The number of rotatable bonds is 10. The molecule has 1 aliphatic rings. The van der Waals surface area contributed by atoms with Crippen LogP contribution in [0.15, 0.2) is 29.1 Å². The number of nitrogens with two attached hydrogens (primary N) is 1. The van der Waals surface area contributed by atoms with E-state index >= 15 is 0 Å². The summed E-state index contributed by atoms with van der Waals surface area (Å²) in [5, 5.41) is 19.1. The van der Waals surface area contributed by atoms with Crippen LogP contribution in [0.5, 0.6) is 0 Å². The first-order valence-electron chi connectivity index (χ1n) is 9.99. The summed E-state index contributed by atoms with van der Waals surface area (Å²) in [5.41, 5.74) is 6.00. The summed E-state index contributed by atoms with van der Waals surface area (Å²) < 4.78 is 0. The van der Waals surface area contributed by atoms with Gasteiger partial charge in [0.05, 0.1) is 12.1 Å². The van der Waals surface area contributed by atoms with Gasteiger partial charge >= 0.3 is 0 Å². The molecule has 13 heteroatoms. The molecule has 0 aliphatic carbocycles. The smallest absolute Gasteiger partial charge is 0.278 e. The van der Waals surface area contributed by atoms with E-state index in [1.54, 1.807) is 12.1 Å². The highest BCUT2D eigenvalue weighted by molar-refractivity contribution is 5.96. The van der Waals surface area contributed by atoms with Crippen molar-refractivity contribution in [3.8, 4) is 0 Å². The fourth-order valence-electron chi connectivity index (χ4n) is 3.33. The number of benzene rings is 1. The lowest BCUT2D eigenvalue weighted by Gasteiger charge is -2.34. The standard InChI is InChI=1S/C20H23N7O6/c21-20-25-17-16(19(33)26-20)27(10-29)14(8-23-17)7-22-12-3-1-11(2-4-12)18(32)24-13(9-28)5-6-15(30)31/h1-4,9-10,13-14,22H,5-8H2,(H,24,32)(H,30,31)(H4,21,23,25,26,33)/p-1. The van der Waals surface area contributed by atoms with Gasteiger partial charge in [-0.05, 0) is 37.1 Å². The van der Waals surface area contributed by atoms with Crippen LogP contribution in [0, 0.1) is 0 Å². The quantitative estimate of drug-likeness (QED) is 0.250. The second kappa shape index (κ2) is 10.3. The monoisotopic (exact) mass is 456 g/mol. The van der Waals surface area contributed by atoms with E-state index in [4.69, 9.17) is 5.73 Å². The van der Waals surface area contributed by atoms with E-state index in [0.717, 1.165) is 0 Å². The summed E-state index contributed by atoms with van der Waals surface area (Å²) in [5.74, 6) is -1.66. The Morgan fingerprint density at radius 3 is 2.67 bits per heavy atom. The Morgan fingerprint density at radius 1 is 1.30 bits per heavy atom. The number of nitrogen functional groups attached to an aromatic ring is 1. The number of nitrogens with one attached hydrogen (secondary N) is 4. The summed E-state index contributed by atoms with van der Waals surface area (Å²) >= 11 is 0. The van der Waals surface area contributed by atoms with Crippen molar-refractivity contribution in [3.05, 3.63) is 40.2 Å². The molecule has 0 bridgehead atoms. The second-order valence-corrected chi connectivity index (χ2v) is 7.28. The number of hydrogen-bond acceptors (Lipinski definition) is 10. The fraction of sp³-hybridized carbons (Fsp3) is 0.300. The van der Waals surface area contributed by atoms with Gasteiger partial charge in [0, 0.05) is 30.3 Å². The number of aromatic nitrogens is 2. The zero-order valence-corrected chi connectivity index (χ0v) is 17.4. The Labute approximate surface area is 187 Å². The molecule has 2 heterocycles. The van der Waals surface area contributed by atoms with Gasteiger partial charge in [0.2, 0.25) is 12.4 Å². The molecule has 1 aromatic carbocycles. The molecule has 0 radical (unpaired) electrons. The first-order chi connectivity index (χ1) is 15.8. The largest absolute Gasteiger partial charge is 0.550 e. The van der Waals surface area contributed by atoms with Crippen LogP contribution >= 0.6 is 0 Å². The van der Waals surface area contributed by atoms with Crippen molar-refractivity contribution in [2.24, 2.45) is 0 Å². The first kappa shape index (κ1) is 23.2. The van der Waals surface area contributed by atoms with Gasteiger partial charge in [-0.15, -0.1) is 0 Å². The average Bonchev–Trinajstić information content (AvgIpc) is 2.79. The van der Waals surface area contributed by atoms with E-state index in [2.05, 4.69) is 25.9 Å². The number of anilines is 4. The molecule has 13 nitrogen and oxygen atoms in total. The van der Waals surface area contributed by atoms with Gasteiger partial charge in [-0.1, -0.05) is 0 Å². The molecule has 2 atom stereocenters. The minimum absolute atomic E-state index is 0.0591. The maximum atomic E-state index is 12.3. The number of carbonyl (C=O) groups is 4. The Kier molecular flexibility index (Phi) is 7.23. The van der Waals surface area contributed by atoms with Crippen LogP contribution < -0.4 is 37.2 Å². The number of H-pyrrole nitrogens is 1. The number of hydrogen-bond donors (Lipinski definition) is 5. The number of aromatic amines is 1. The molecule has 33 heavy (non-hydrogen) atoms. The maximum Gasteiger partial charge on any atom is 0.278 e. The lowest BCUT2D eigenvalue weighted by molar-refractivity contribution is -0.305. The summed E-state index contributed by atoms with van der Waals surface area (Å²) in [6, 6.07) is 5.00. The number of carbonyl (C=O) groups excluding carboxylic acids is 4. The van der Waals surface area contributed by atoms with Crippen LogP contribution in [-0.2, 0) is 14.4 Å². The minimum Gasteiger partial charge on any atom is -0.550 e. The molecular weight excluding hydrogens is 434 g/mol. The zero-order valence-electron chi connectivity index (χ0n) is 17.4. The van der Waals surface area contributed by atoms with Crippen molar-refractivity contribution in [3.63, 3.8) is 0 Å². The van der Waals surface area contributed by atoms with E-state index in [0.29, 0.717) is 24.9 Å². The normalized spacial score (nSPS) is 15.5. The lowest BCUT2D eigenvalue weighted by atomic mass is 10.1. The predicted molar refractivity (Wildman–Crippen MR) is 117 cm³/mol. The van der Waals surface area contributed by atoms with Gasteiger partial charge in [0.1, 0.15) is 6.29 Å². The average molecular weight is 456 g/mol. The molecule has 2 amide bonds. The Balaban J connectivity index is 1.60. The summed E-state index contributed by atoms with van der Waals surface area (Å²) in [4.78, 5) is 65.3. The summed E-state index contributed by atoms with van der Waals surface area (Å²) in [6.45, 7) is 0.616. The molecule has 1 aromatic heterocycles. The molecule has 0 saturated heterocycles. The molecule has 174 valence electrons. The molecule has 6 N–H and O–H groups in total. The Bertz CT molecular complexity index is 1100. The number of fused-ring (bicyclic) bond motifs is 1. The highest BCUT2D eigenvalue weighted by Crippen LogP contribution is 2.25. The molecule has 0 fully saturated rings. The molecule has 0 saturated carbocycles. The van der Waals surface area contributed by atoms with Crippen molar-refractivity contribution >= 4 is 47.7 Å². The molecule has 2 aromatic rings. The van der Waals surface area contributed by atoms with E-state index in [-0.39, 0.29) is 42.4 Å². The summed E-state index contributed by atoms with van der Waals surface area (Å²) in [7, 11) is 0. The third kappa shape index (κ3) is 5.64. The maximum absolute atomic E-state index is 12.3. The lowest BCUT2D eigenvalue weighted by Crippen LogP contribution is -2.50. The predicted octanol–water partition coefficient (Wildman–Crippen LogP) is -1.95. The highest BCUT2D eigenvalue weighted by Gasteiger charge is 2.29. The van der Waals surface area contributed by atoms with Crippen molar-refractivity contribution in [1.29, 1.82) is 0 Å². The molecule has 2 unspecified atom stereocenters. The van der Waals surface area contributed by atoms with Crippen LogP contribution in [-0.4, -0.2) is 59.7 Å². The molecule has 1 aliphatic heterocycles. The van der Waals surface area contributed by atoms with Gasteiger partial charge in [-0.25, -0.2) is 0 Å². The topological polar surface area (TPSA) is 202 Å². The number of amides is 2. The van der Waals surface area contributed by atoms with Gasteiger partial charge < -0.3 is 41.3 Å². The number of nitrogens with zero attached hydrogens (tertiary/aromatic N) is 2. The first-order valence-corrected chi connectivity index (χ1v) is 9.99. The van der Waals surface area contributed by atoms with Crippen molar-refractivity contribution in [2.45, 2.75) is 24.9 Å². The molecule has 0 spiro atoms. The number of aliphatic carboxylic acids is 1. The summed E-state index contributed by atoms with van der Waals surface area (Å²) in [6.07, 6.45) is 0.616. The Morgan fingerprint density at radius 2 is 2.03 bits per heavy atom. The van der Waals surface area contributed by atoms with Crippen molar-refractivity contribution < 1.29 is 24.3 Å². The van der Waals surface area contributed by atoms with E-state index in [1.165, 1.54) is 17.0 Å². The van der Waals surface area contributed by atoms with E-state index in [1.807, 2.05) is 0 Å². The fourth-order valence-corrected chi connectivity index (χ4v) is 3.33. The molecular formula is C20H22N7O6-. The van der Waals surface area contributed by atoms with Gasteiger partial charge in [-0.3, -0.25) is 19.4 Å². The highest BCUT2D eigenvalue weighted by atomic mass is 16.4. The number of aldehydes is 1. The van der Waals surface area contributed by atoms with E-state index < -0.39 is 29.5 Å². The number of carboxylic acids is 1. The molecule has 3 rings (SSSR count). The third-order valence-corrected chi connectivity index (χ3v) is 5.01. The minimum atomic E-state index is -1.30. The van der Waals surface area contributed by atoms with Gasteiger partial charge in [0.25, 0.3) is 11.5 Å². The van der Waals surface area contributed by atoms with Gasteiger partial charge in [0.15, 0.2) is 11.5 Å². The van der Waals surface area contributed by atoms with Crippen LogP contribution in [0.3, 0.4) is 0 Å². The van der Waals surface area contributed by atoms with Crippen LogP contribution in [0.4, 0.5) is 23.1 Å². The zero-order chi connectivity index (χ0) is 24.0. The van der Waals surface area contributed by atoms with Crippen LogP contribution in [0.2, 0.25) is 0 Å². The van der Waals surface area contributed by atoms with Gasteiger partial charge in [-0.2, -0.15) is 4.98 Å². The van der Waals surface area contributed by atoms with Crippen LogP contribution in [0.1, 0.15) is 23.2 Å². The third-order valence-electron chi connectivity index (χ3n) is 5.01.